The third-order valence-electron chi connectivity index (χ3n) is 6.43. The average molecular weight is 599 g/mol. The highest BCUT2D eigenvalue weighted by molar-refractivity contribution is 7.89. The molecule has 1 aliphatic rings. The minimum absolute atomic E-state index is 0. The second-order valence-electron chi connectivity index (χ2n) is 9.39. The van der Waals surface area contributed by atoms with Gasteiger partial charge in [0.05, 0.1) is 25.5 Å². The summed E-state index contributed by atoms with van der Waals surface area (Å²) < 4.78 is 75.4. The summed E-state index contributed by atoms with van der Waals surface area (Å²) in [5.74, 6) is -5.51. The first kappa shape index (κ1) is 33.9. The van der Waals surface area contributed by atoms with Crippen LogP contribution in [0.25, 0.3) is 0 Å². The molecule has 0 saturated heterocycles. The molecule has 2 aromatic carbocycles. The summed E-state index contributed by atoms with van der Waals surface area (Å²) in [4.78, 5) is 12.3. The van der Waals surface area contributed by atoms with Gasteiger partial charge in [-0.3, -0.25) is 0 Å². The smallest absolute Gasteiger partial charge is 0.380 e. The van der Waals surface area contributed by atoms with Crippen molar-refractivity contribution in [1.29, 1.82) is 0 Å². The molecule has 228 valence electrons. The SMILES string of the molecule is CCN/C=C(\N)COC(c1ccc(C)c(CN2C[C@@H](CC)Oc3ccccc3S2(=O)=O)c1)C(F)(F)C(=O)OCC.N. The standard InChI is InChI=1S/C28H37F2N3O6S.H3N/c1-5-23-17-33(40(35,36)25-11-9-8-10-24(25)39-23)16-21-14-20(13-12-19(21)4)26(28(29,30)27(34)37-7-3)38-18-22(31)15-32-6-2;/h8-15,23,26,32H,5-7,16-18,31H2,1-4H3;1H3/b22-15-;/t23-,26?;/m1./s1. The minimum atomic E-state index is -4.05. The van der Waals surface area contributed by atoms with E-state index in [1.165, 1.54) is 35.6 Å². The van der Waals surface area contributed by atoms with Crippen molar-refractivity contribution in [2.75, 3.05) is 26.3 Å². The maximum Gasteiger partial charge on any atom is 0.380 e. The van der Waals surface area contributed by atoms with Crippen LogP contribution in [0.15, 0.2) is 59.3 Å². The highest BCUT2D eigenvalue weighted by Gasteiger charge is 2.51. The molecule has 10 nitrogen and oxygen atoms in total. The van der Waals surface area contributed by atoms with Crippen molar-refractivity contribution in [2.24, 2.45) is 5.73 Å². The number of nitrogens with two attached hydrogens (primary N) is 1. The molecule has 0 amide bonds. The summed E-state index contributed by atoms with van der Waals surface area (Å²) >= 11 is 0. The van der Waals surface area contributed by atoms with Crippen molar-refractivity contribution in [3.8, 4) is 5.75 Å². The first-order valence-electron chi connectivity index (χ1n) is 13.1. The van der Waals surface area contributed by atoms with E-state index in [0.717, 1.165) is 0 Å². The third-order valence-corrected chi connectivity index (χ3v) is 8.28. The van der Waals surface area contributed by atoms with E-state index in [-0.39, 0.29) is 54.4 Å². The molecule has 41 heavy (non-hydrogen) atoms. The normalized spacial score (nSPS) is 17.8. The second kappa shape index (κ2) is 14.6. The first-order chi connectivity index (χ1) is 18.9. The summed E-state index contributed by atoms with van der Waals surface area (Å²) in [7, 11) is -3.97. The number of alkyl halides is 2. The van der Waals surface area contributed by atoms with Gasteiger partial charge in [0.15, 0.2) is 6.10 Å². The van der Waals surface area contributed by atoms with E-state index in [1.54, 1.807) is 31.2 Å². The number of ether oxygens (including phenoxy) is 3. The maximum atomic E-state index is 15.4. The van der Waals surface area contributed by atoms with Crippen LogP contribution >= 0.6 is 0 Å². The van der Waals surface area contributed by atoms with Crippen LogP contribution in [0, 0.1) is 6.92 Å². The molecule has 0 spiro atoms. The molecule has 0 aliphatic carbocycles. The van der Waals surface area contributed by atoms with Gasteiger partial charge in [0.1, 0.15) is 16.7 Å². The van der Waals surface area contributed by atoms with Crippen LogP contribution in [0.3, 0.4) is 0 Å². The lowest BCUT2D eigenvalue weighted by Crippen LogP contribution is -2.39. The maximum absolute atomic E-state index is 15.4. The quantitative estimate of drug-likeness (QED) is 0.305. The van der Waals surface area contributed by atoms with Crippen molar-refractivity contribution in [3.63, 3.8) is 0 Å². The van der Waals surface area contributed by atoms with Crippen LogP contribution in [0.2, 0.25) is 0 Å². The van der Waals surface area contributed by atoms with Crippen LogP contribution in [0.1, 0.15) is 50.0 Å². The Balaban J connectivity index is 0.00000588. The highest BCUT2D eigenvalue weighted by Crippen LogP contribution is 2.38. The molecule has 0 radical (unpaired) electrons. The fourth-order valence-electron chi connectivity index (χ4n) is 4.22. The van der Waals surface area contributed by atoms with Crippen LogP contribution in [-0.4, -0.2) is 57.0 Å². The number of nitrogens with zero attached hydrogens (tertiary/aromatic N) is 1. The highest BCUT2D eigenvalue weighted by atomic mass is 32.2. The molecule has 2 aromatic rings. The van der Waals surface area contributed by atoms with E-state index in [9.17, 15) is 13.2 Å². The van der Waals surface area contributed by atoms with Crippen molar-refractivity contribution >= 4 is 16.0 Å². The number of rotatable bonds is 12. The summed E-state index contributed by atoms with van der Waals surface area (Å²) in [6.45, 7) is 6.83. The molecular formula is C28H40F2N4O6S. The molecule has 0 fully saturated rings. The number of nitrogens with one attached hydrogen (secondary N) is 1. The Labute approximate surface area is 240 Å². The summed E-state index contributed by atoms with van der Waals surface area (Å²) in [6.07, 6.45) is -0.442. The molecule has 6 N–H and O–H groups in total. The average Bonchev–Trinajstić information content (AvgIpc) is 3.02. The summed E-state index contributed by atoms with van der Waals surface area (Å²) in [5.41, 5.74) is 7.16. The predicted octanol–water partition coefficient (Wildman–Crippen LogP) is 4.18. The largest absolute Gasteiger partial charge is 0.488 e. The number of carbonyl (C=O) groups excluding carboxylic acids is 1. The number of fused-ring (bicyclic) bond motifs is 1. The fourth-order valence-corrected chi connectivity index (χ4v) is 5.79. The Morgan fingerprint density at radius 1 is 1.24 bits per heavy atom. The molecule has 2 atom stereocenters. The topological polar surface area (TPSA) is 155 Å². The van der Waals surface area contributed by atoms with Crippen LogP contribution in [0.5, 0.6) is 5.75 Å². The fraction of sp³-hybridized carbons (Fsp3) is 0.464. The van der Waals surface area contributed by atoms with Gasteiger partial charge in [-0.05, 0) is 56.0 Å². The van der Waals surface area contributed by atoms with Crippen LogP contribution in [-0.2, 0) is 30.8 Å². The van der Waals surface area contributed by atoms with Crippen molar-refractivity contribution in [2.45, 2.75) is 63.7 Å². The number of sulfonamides is 1. The number of benzene rings is 2. The predicted molar refractivity (Wildman–Crippen MR) is 151 cm³/mol. The van der Waals surface area contributed by atoms with Crippen LogP contribution < -0.4 is 21.9 Å². The summed E-state index contributed by atoms with van der Waals surface area (Å²) in [6, 6.07) is 10.9. The Morgan fingerprint density at radius 3 is 2.61 bits per heavy atom. The zero-order valence-electron chi connectivity index (χ0n) is 23.9. The summed E-state index contributed by atoms with van der Waals surface area (Å²) in [5, 5.41) is 2.86. The molecule has 0 saturated carbocycles. The van der Waals surface area contributed by atoms with Gasteiger partial charge in [0.2, 0.25) is 10.0 Å². The van der Waals surface area contributed by atoms with E-state index < -0.39 is 34.1 Å². The molecule has 0 aromatic heterocycles. The number of esters is 1. The van der Waals surface area contributed by atoms with Gasteiger partial charge in [-0.15, -0.1) is 0 Å². The first-order valence-corrected chi connectivity index (χ1v) is 14.6. The molecule has 13 heteroatoms. The monoisotopic (exact) mass is 598 g/mol. The van der Waals surface area contributed by atoms with Gasteiger partial charge in [0, 0.05) is 19.3 Å². The van der Waals surface area contributed by atoms with E-state index >= 15 is 8.78 Å². The van der Waals surface area contributed by atoms with Gasteiger partial charge in [-0.2, -0.15) is 13.1 Å². The van der Waals surface area contributed by atoms with Crippen LogP contribution in [0.4, 0.5) is 8.78 Å². The Kier molecular flexibility index (Phi) is 12.1. The Bertz CT molecular complexity index is 1320. The van der Waals surface area contributed by atoms with E-state index in [0.29, 0.717) is 24.1 Å². The Morgan fingerprint density at radius 2 is 1.95 bits per heavy atom. The molecule has 1 aliphatic heterocycles. The number of halogens is 2. The van der Waals surface area contributed by atoms with Gasteiger partial charge < -0.3 is 31.4 Å². The Hall–Kier alpha value is -3.26. The van der Waals surface area contributed by atoms with Gasteiger partial charge in [0.25, 0.3) is 0 Å². The van der Waals surface area contributed by atoms with Crippen molar-refractivity contribution < 1.29 is 36.2 Å². The van der Waals surface area contributed by atoms with Gasteiger partial charge in [-0.25, -0.2) is 13.2 Å². The zero-order chi connectivity index (χ0) is 29.5. The molecular weight excluding hydrogens is 558 g/mol. The van der Waals surface area contributed by atoms with Crippen molar-refractivity contribution in [3.05, 3.63) is 71.1 Å². The third kappa shape index (κ3) is 7.94. The van der Waals surface area contributed by atoms with Crippen molar-refractivity contribution in [1.82, 2.24) is 15.8 Å². The van der Waals surface area contributed by atoms with E-state index in [1.807, 2.05) is 13.8 Å². The zero-order valence-corrected chi connectivity index (χ0v) is 24.7. The number of carbonyl (C=O) groups is 1. The molecule has 1 heterocycles. The molecule has 0 bridgehead atoms. The number of hydrogen-bond acceptors (Lipinski definition) is 9. The number of hydrogen-bond donors (Lipinski definition) is 3. The number of para-hydroxylation sites is 1. The lowest BCUT2D eigenvalue weighted by Gasteiger charge is -2.27. The minimum Gasteiger partial charge on any atom is -0.488 e. The van der Waals surface area contributed by atoms with Gasteiger partial charge >= 0.3 is 11.9 Å². The lowest BCUT2D eigenvalue weighted by molar-refractivity contribution is -0.195. The molecule has 3 rings (SSSR count). The second-order valence-corrected chi connectivity index (χ2v) is 11.3. The van der Waals surface area contributed by atoms with Gasteiger partial charge in [-0.1, -0.05) is 37.3 Å². The van der Waals surface area contributed by atoms with E-state index in [4.69, 9.17) is 15.2 Å². The molecule has 1 unspecified atom stereocenters. The lowest BCUT2D eigenvalue weighted by atomic mass is 9.97. The van der Waals surface area contributed by atoms with E-state index in [2.05, 4.69) is 10.1 Å². The number of aryl methyl sites for hydroxylation is 1.